The molecule has 0 rings (SSSR count). The molecule has 3 N–H and O–H groups in total. The fraction of sp³-hybridized carbons (Fsp3) is 1.00. The predicted molar refractivity (Wildman–Crippen MR) is 55.2 cm³/mol. The Morgan fingerprint density at radius 3 is 2.33 bits per heavy atom. The van der Waals surface area contributed by atoms with E-state index in [4.69, 9.17) is 5.73 Å². The van der Waals surface area contributed by atoms with Gasteiger partial charge in [-0.15, -0.1) is 0 Å². The maximum Gasteiger partial charge on any atom is -0.00258 e. The second-order valence-electron chi connectivity index (χ2n) is 3.80. The zero-order valence-corrected chi connectivity index (χ0v) is 8.60. The number of nitrogens with two attached hydrogens (primary N) is 1. The second-order valence-corrected chi connectivity index (χ2v) is 3.80. The van der Waals surface area contributed by atoms with Crippen LogP contribution in [0.2, 0.25) is 0 Å². The molecule has 0 aromatic heterocycles. The van der Waals surface area contributed by atoms with Crippen molar-refractivity contribution in [1.82, 2.24) is 5.32 Å². The van der Waals surface area contributed by atoms with Gasteiger partial charge in [0.25, 0.3) is 0 Å². The van der Waals surface area contributed by atoms with Crippen molar-refractivity contribution in [2.45, 2.75) is 39.5 Å². The van der Waals surface area contributed by atoms with Crippen LogP contribution in [0, 0.1) is 5.92 Å². The van der Waals surface area contributed by atoms with Gasteiger partial charge >= 0.3 is 0 Å². The predicted octanol–water partition coefficient (Wildman–Crippen LogP) is 1.75. The Labute approximate surface area is 76.9 Å². The van der Waals surface area contributed by atoms with E-state index < -0.39 is 0 Å². The van der Waals surface area contributed by atoms with E-state index in [9.17, 15) is 0 Å². The van der Waals surface area contributed by atoms with Crippen LogP contribution in [0.4, 0.5) is 0 Å². The van der Waals surface area contributed by atoms with Crippen LogP contribution < -0.4 is 11.1 Å². The first-order valence-corrected chi connectivity index (χ1v) is 5.18. The molecule has 0 atom stereocenters. The SMILES string of the molecule is CC(C)CNCCCCCCN. The monoisotopic (exact) mass is 172 g/mol. The van der Waals surface area contributed by atoms with Crippen LogP contribution in [0.3, 0.4) is 0 Å². The van der Waals surface area contributed by atoms with Crippen molar-refractivity contribution in [1.29, 1.82) is 0 Å². The van der Waals surface area contributed by atoms with E-state index in [1.54, 1.807) is 0 Å². The van der Waals surface area contributed by atoms with Crippen LogP contribution in [-0.4, -0.2) is 19.6 Å². The lowest BCUT2D eigenvalue weighted by molar-refractivity contribution is 0.527. The largest absolute Gasteiger partial charge is 0.330 e. The summed E-state index contributed by atoms with van der Waals surface area (Å²) in [5.74, 6) is 0.772. The van der Waals surface area contributed by atoms with Gasteiger partial charge in [-0.25, -0.2) is 0 Å². The minimum atomic E-state index is 0.772. The molecule has 0 aromatic carbocycles. The van der Waals surface area contributed by atoms with Crippen LogP contribution in [0.5, 0.6) is 0 Å². The average molecular weight is 172 g/mol. The van der Waals surface area contributed by atoms with Crippen LogP contribution in [0.15, 0.2) is 0 Å². The molecule has 2 nitrogen and oxygen atoms in total. The van der Waals surface area contributed by atoms with Crippen molar-refractivity contribution in [2.75, 3.05) is 19.6 Å². The fourth-order valence-corrected chi connectivity index (χ4v) is 1.14. The molecule has 12 heavy (non-hydrogen) atoms. The molecular formula is C10H24N2. The number of hydrogen-bond acceptors (Lipinski definition) is 2. The molecule has 0 spiro atoms. The Kier molecular flexibility index (Phi) is 8.95. The van der Waals surface area contributed by atoms with Crippen molar-refractivity contribution in [3.63, 3.8) is 0 Å². The topological polar surface area (TPSA) is 38.0 Å². The lowest BCUT2D eigenvalue weighted by atomic mass is 10.2. The summed E-state index contributed by atoms with van der Waals surface area (Å²) in [5, 5.41) is 3.43. The van der Waals surface area contributed by atoms with E-state index in [-0.39, 0.29) is 0 Å². The van der Waals surface area contributed by atoms with Gasteiger partial charge in [0.2, 0.25) is 0 Å². The van der Waals surface area contributed by atoms with Gasteiger partial charge in [-0.3, -0.25) is 0 Å². The van der Waals surface area contributed by atoms with E-state index in [1.807, 2.05) is 0 Å². The summed E-state index contributed by atoms with van der Waals surface area (Å²) in [6.07, 6.45) is 5.10. The van der Waals surface area contributed by atoms with Crippen LogP contribution >= 0.6 is 0 Å². The van der Waals surface area contributed by atoms with Crippen molar-refractivity contribution in [3.05, 3.63) is 0 Å². The molecule has 0 amide bonds. The Morgan fingerprint density at radius 2 is 1.75 bits per heavy atom. The fourth-order valence-electron chi connectivity index (χ4n) is 1.14. The lowest BCUT2D eigenvalue weighted by Gasteiger charge is -2.06. The molecule has 0 saturated heterocycles. The van der Waals surface area contributed by atoms with Gasteiger partial charge < -0.3 is 11.1 Å². The molecule has 0 heterocycles. The highest BCUT2D eigenvalue weighted by atomic mass is 14.8. The minimum absolute atomic E-state index is 0.772. The minimum Gasteiger partial charge on any atom is -0.330 e. The van der Waals surface area contributed by atoms with E-state index in [1.165, 1.54) is 32.2 Å². The standard InChI is InChI=1S/C10H24N2/c1-10(2)9-12-8-6-4-3-5-7-11/h10,12H,3-9,11H2,1-2H3. The van der Waals surface area contributed by atoms with E-state index >= 15 is 0 Å². The van der Waals surface area contributed by atoms with E-state index in [0.29, 0.717) is 0 Å². The Hall–Kier alpha value is -0.0800. The molecule has 0 aliphatic carbocycles. The molecule has 0 aliphatic rings. The molecule has 0 radical (unpaired) electrons. The highest BCUT2D eigenvalue weighted by Gasteiger charge is 1.92. The summed E-state index contributed by atoms with van der Waals surface area (Å²) < 4.78 is 0. The zero-order valence-electron chi connectivity index (χ0n) is 8.60. The normalized spacial score (nSPS) is 11.0. The Balaban J connectivity index is 2.82. The Morgan fingerprint density at radius 1 is 1.08 bits per heavy atom. The van der Waals surface area contributed by atoms with Gasteiger partial charge in [0, 0.05) is 0 Å². The molecule has 2 heteroatoms. The molecule has 74 valence electrons. The quantitative estimate of drug-likeness (QED) is 0.547. The summed E-state index contributed by atoms with van der Waals surface area (Å²) >= 11 is 0. The van der Waals surface area contributed by atoms with Gasteiger partial charge in [-0.1, -0.05) is 26.7 Å². The van der Waals surface area contributed by atoms with Crippen LogP contribution in [0.1, 0.15) is 39.5 Å². The van der Waals surface area contributed by atoms with Crippen LogP contribution in [0.25, 0.3) is 0 Å². The smallest absolute Gasteiger partial charge is 0.00258 e. The zero-order chi connectivity index (χ0) is 9.23. The first-order chi connectivity index (χ1) is 5.77. The van der Waals surface area contributed by atoms with Crippen LogP contribution in [-0.2, 0) is 0 Å². The average Bonchev–Trinajstić information content (AvgIpc) is 2.02. The third-order valence-electron chi connectivity index (χ3n) is 1.86. The molecule has 0 aromatic rings. The first kappa shape index (κ1) is 11.9. The van der Waals surface area contributed by atoms with E-state index in [0.717, 1.165) is 19.0 Å². The third kappa shape index (κ3) is 9.92. The number of nitrogens with one attached hydrogen (secondary N) is 1. The number of rotatable bonds is 8. The molecule has 0 fully saturated rings. The molecule has 0 saturated carbocycles. The molecule has 0 bridgehead atoms. The van der Waals surface area contributed by atoms with Gasteiger partial charge in [0.1, 0.15) is 0 Å². The van der Waals surface area contributed by atoms with Gasteiger partial charge in [0.05, 0.1) is 0 Å². The summed E-state index contributed by atoms with van der Waals surface area (Å²) in [7, 11) is 0. The first-order valence-electron chi connectivity index (χ1n) is 5.18. The van der Waals surface area contributed by atoms with Crippen molar-refractivity contribution < 1.29 is 0 Å². The summed E-state index contributed by atoms with van der Waals surface area (Å²) in [6.45, 7) is 7.64. The molecule has 0 unspecified atom stereocenters. The number of unbranched alkanes of at least 4 members (excludes halogenated alkanes) is 3. The summed E-state index contributed by atoms with van der Waals surface area (Å²) in [4.78, 5) is 0. The highest BCUT2D eigenvalue weighted by Crippen LogP contribution is 1.97. The maximum absolute atomic E-state index is 5.39. The molecular weight excluding hydrogens is 148 g/mol. The lowest BCUT2D eigenvalue weighted by Crippen LogP contribution is -2.20. The molecule has 0 aliphatic heterocycles. The summed E-state index contributed by atoms with van der Waals surface area (Å²) in [5.41, 5.74) is 5.39. The number of hydrogen-bond donors (Lipinski definition) is 2. The third-order valence-corrected chi connectivity index (χ3v) is 1.86. The van der Waals surface area contributed by atoms with Crippen molar-refractivity contribution >= 4 is 0 Å². The van der Waals surface area contributed by atoms with E-state index in [2.05, 4.69) is 19.2 Å². The van der Waals surface area contributed by atoms with Crippen molar-refractivity contribution in [2.24, 2.45) is 11.7 Å². The summed E-state index contributed by atoms with van der Waals surface area (Å²) in [6, 6.07) is 0. The van der Waals surface area contributed by atoms with Crippen molar-refractivity contribution in [3.8, 4) is 0 Å². The second kappa shape index (κ2) is 9.01. The van der Waals surface area contributed by atoms with Gasteiger partial charge in [0.15, 0.2) is 0 Å². The highest BCUT2D eigenvalue weighted by molar-refractivity contribution is 4.52. The maximum atomic E-state index is 5.39. The van der Waals surface area contributed by atoms with Gasteiger partial charge in [-0.2, -0.15) is 0 Å². The Bertz CT molecular complexity index is 81.9. The van der Waals surface area contributed by atoms with Gasteiger partial charge in [-0.05, 0) is 38.4 Å².